The van der Waals surface area contributed by atoms with Gasteiger partial charge in [0, 0.05) is 37.3 Å². The molecule has 3 rings (SSSR count). The molecule has 1 atom stereocenters. The third-order valence-electron chi connectivity index (χ3n) is 4.02. The van der Waals surface area contributed by atoms with Gasteiger partial charge in [-0.15, -0.1) is 0 Å². The Bertz CT molecular complexity index is 701. The monoisotopic (exact) mass is 323 g/mol. The quantitative estimate of drug-likeness (QED) is 0.821. The van der Waals surface area contributed by atoms with Crippen molar-refractivity contribution in [1.82, 2.24) is 9.88 Å². The lowest BCUT2D eigenvalue weighted by molar-refractivity contribution is -0.133. The maximum Gasteiger partial charge on any atom is 0.222 e. The lowest BCUT2D eigenvalue weighted by Crippen LogP contribution is -2.36. The van der Waals surface area contributed by atoms with E-state index in [4.69, 9.17) is 4.84 Å². The molecule has 0 fully saturated rings. The van der Waals surface area contributed by atoms with Crippen LogP contribution in [0.25, 0.3) is 0 Å². The van der Waals surface area contributed by atoms with Crippen LogP contribution in [0.5, 0.6) is 0 Å². The standard InChI is InChI=1S/C19H21N3O2/c1-2-19(23)22(13-15-7-4-3-5-8-15)14-17-11-18(21-24-17)16-9-6-10-20-12-16/h3-10,12,17H,2,11,13-14H2,1H3/t17-/m0/s1. The SMILES string of the molecule is CCC(=O)N(Cc1ccccc1)C[C@@H]1CC(c2cccnc2)=NO1. The van der Waals surface area contributed by atoms with Gasteiger partial charge in [0.2, 0.25) is 5.91 Å². The Morgan fingerprint density at radius 3 is 2.79 bits per heavy atom. The molecule has 1 aromatic carbocycles. The van der Waals surface area contributed by atoms with Gasteiger partial charge < -0.3 is 9.74 Å². The van der Waals surface area contributed by atoms with E-state index in [1.54, 1.807) is 12.4 Å². The lowest BCUT2D eigenvalue weighted by Gasteiger charge is -2.24. The molecule has 0 radical (unpaired) electrons. The van der Waals surface area contributed by atoms with Crippen LogP contribution >= 0.6 is 0 Å². The van der Waals surface area contributed by atoms with E-state index >= 15 is 0 Å². The van der Waals surface area contributed by atoms with Crippen LogP contribution in [0.2, 0.25) is 0 Å². The van der Waals surface area contributed by atoms with Crippen LogP contribution in [0.3, 0.4) is 0 Å². The van der Waals surface area contributed by atoms with Crippen molar-refractivity contribution in [3.63, 3.8) is 0 Å². The normalized spacial score (nSPS) is 16.4. The summed E-state index contributed by atoms with van der Waals surface area (Å²) in [7, 11) is 0. The largest absolute Gasteiger partial charge is 0.390 e. The predicted molar refractivity (Wildman–Crippen MR) is 92.4 cm³/mol. The highest BCUT2D eigenvalue weighted by Crippen LogP contribution is 2.18. The Labute approximate surface area is 142 Å². The van der Waals surface area contributed by atoms with E-state index in [9.17, 15) is 4.79 Å². The van der Waals surface area contributed by atoms with Crippen molar-refractivity contribution in [3.8, 4) is 0 Å². The molecule has 1 aliphatic rings. The van der Waals surface area contributed by atoms with Crippen molar-refractivity contribution in [2.45, 2.75) is 32.4 Å². The smallest absolute Gasteiger partial charge is 0.222 e. The molecule has 0 aliphatic carbocycles. The molecule has 1 amide bonds. The summed E-state index contributed by atoms with van der Waals surface area (Å²) in [5, 5.41) is 4.17. The van der Waals surface area contributed by atoms with Gasteiger partial charge in [-0.05, 0) is 17.7 Å². The number of carbonyl (C=O) groups is 1. The van der Waals surface area contributed by atoms with Crippen LogP contribution in [0.1, 0.15) is 30.9 Å². The van der Waals surface area contributed by atoms with Crippen LogP contribution < -0.4 is 0 Å². The number of aromatic nitrogens is 1. The maximum absolute atomic E-state index is 12.3. The lowest BCUT2D eigenvalue weighted by atomic mass is 10.1. The number of carbonyl (C=O) groups excluding carboxylic acids is 1. The summed E-state index contributed by atoms with van der Waals surface area (Å²) in [6, 6.07) is 13.9. The van der Waals surface area contributed by atoms with Gasteiger partial charge in [0.25, 0.3) is 0 Å². The Morgan fingerprint density at radius 2 is 2.08 bits per heavy atom. The second kappa shape index (κ2) is 7.73. The molecule has 24 heavy (non-hydrogen) atoms. The fraction of sp³-hybridized carbons (Fsp3) is 0.316. The minimum absolute atomic E-state index is 0.112. The second-order valence-electron chi connectivity index (χ2n) is 5.82. The van der Waals surface area contributed by atoms with Crippen LogP contribution in [0.4, 0.5) is 0 Å². The first-order valence-electron chi connectivity index (χ1n) is 8.21. The van der Waals surface area contributed by atoms with Gasteiger partial charge in [-0.3, -0.25) is 9.78 Å². The molecule has 0 saturated heterocycles. The average Bonchev–Trinajstić information content (AvgIpc) is 3.11. The second-order valence-corrected chi connectivity index (χ2v) is 5.82. The van der Waals surface area contributed by atoms with Crippen LogP contribution in [-0.4, -0.2) is 34.2 Å². The summed E-state index contributed by atoms with van der Waals surface area (Å²) in [6.07, 6.45) is 4.58. The van der Waals surface area contributed by atoms with Gasteiger partial charge >= 0.3 is 0 Å². The van der Waals surface area contributed by atoms with E-state index in [0.29, 0.717) is 25.9 Å². The van der Waals surface area contributed by atoms with Crippen LogP contribution in [0.15, 0.2) is 60.0 Å². The van der Waals surface area contributed by atoms with Crippen LogP contribution in [0, 0.1) is 0 Å². The molecule has 0 saturated carbocycles. The van der Waals surface area contributed by atoms with Crippen molar-refractivity contribution in [2.24, 2.45) is 5.16 Å². The van der Waals surface area contributed by atoms with E-state index in [1.165, 1.54) is 0 Å². The van der Waals surface area contributed by atoms with Crippen LogP contribution in [-0.2, 0) is 16.2 Å². The van der Waals surface area contributed by atoms with Crippen molar-refractivity contribution >= 4 is 11.6 Å². The summed E-state index contributed by atoms with van der Waals surface area (Å²) >= 11 is 0. The van der Waals surface area contributed by atoms with Gasteiger partial charge in [-0.1, -0.05) is 42.4 Å². The van der Waals surface area contributed by atoms with E-state index in [2.05, 4.69) is 10.1 Å². The number of rotatable bonds is 6. The summed E-state index contributed by atoms with van der Waals surface area (Å²) in [6.45, 7) is 3.01. The van der Waals surface area contributed by atoms with E-state index in [0.717, 1.165) is 16.8 Å². The zero-order chi connectivity index (χ0) is 16.8. The molecule has 0 bridgehead atoms. The number of benzene rings is 1. The number of oxime groups is 1. The average molecular weight is 323 g/mol. The fourth-order valence-corrected chi connectivity index (χ4v) is 2.76. The topological polar surface area (TPSA) is 54.8 Å². The molecule has 0 unspecified atom stereocenters. The van der Waals surface area contributed by atoms with E-state index in [-0.39, 0.29) is 12.0 Å². The zero-order valence-corrected chi connectivity index (χ0v) is 13.8. The first kappa shape index (κ1) is 16.2. The van der Waals surface area contributed by atoms with Crippen molar-refractivity contribution in [1.29, 1.82) is 0 Å². The summed E-state index contributed by atoms with van der Waals surface area (Å²) in [5.41, 5.74) is 2.97. The Hall–Kier alpha value is -2.69. The Morgan fingerprint density at radius 1 is 1.25 bits per heavy atom. The summed E-state index contributed by atoms with van der Waals surface area (Å²) in [5.74, 6) is 0.122. The summed E-state index contributed by atoms with van der Waals surface area (Å²) in [4.78, 5) is 23.8. The third-order valence-corrected chi connectivity index (χ3v) is 4.02. The minimum atomic E-state index is -0.112. The first-order chi connectivity index (χ1) is 11.8. The molecule has 0 N–H and O–H groups in total. The van der Waals surface area contributed by atoms with Gasteiger partial charge in [0.15, 0.2) is 6.10 Å². The molecule has 1 aromatic heterocycles. The van der Waals surface area contributed by atoms with Crippen molar-refractivity contribution in [2.75, 3.05) is 6.54 Å². The molecular weight excluding hydrogens is 302 g/mol. The number of pyridine rings is 1. The third kappa shape index (κ3) is 3.98. The van der Waals surface area contributed by atoms with Gasteiger partial charge in [0.05, 0.1) is 12.3 Å². The van der Waals surface area contributed by atoms with Gasteiger partial charge in [0.1, 0.15) is 0 Å². The molecule has 0 spiro atoms. The van der Waals surface area contributed by atoms with E-state index in [1.807, 2.05) is 54.3 Å². The highest BCUT2D eigenvalue weighted by Gasteiger charge is 2.26. The molecule has 124 valence electrons. The van der Waals surface area contributed by atoms with Gasteiger partial charge in [-0.25, -0.2) is 0 Å². The highest BCUT2D eigenvalue weighted by atomic mass is 16.6. The fourth-order valence-electron chi connectivity index (χ4n) is 2.76. The Balaban J connectivity index is 1.63. The molecule has 1 aliphatic heterocycles. The number of amides is 1. The number of hydrogen-bond acceptors (Lipinski definition) is 4. The maximum atomic E-state index is 12.3. The molecule has 5 nitrogen and oxygen atoms in total. The number of nitrogens with zero attached hydrogens (tertiary/aromatic N) is 3. The van der Waals surface area contributed by atoms with Crippen molar-refractivity contribution in [3.05, 3.63) is 66.0 Å². The Kier molecular flexibility index (Phi) is 5.21. The first-order valence-corrected chi connectivity index (χ1v) is 8.21. The number of hydrogen-bond donors (Lipinski definition) is 0. The summed E-state index contributed by atoms with van der Waals surface area (Å²) < 4.78 is 0. The minimum Gasteiger partial charge on any atom is -0.390 e. The molecule has 2 aromatic rings. The zero-order valence-electron chi connectivity index (χ0n) is 13.8. The highest BCUT2D eigenvalue weighted by molar-refractivity contribution is 6.01. The molecular formula is C19H21N3O2. The van der Waals surface area contributed by atoms with E-state index < -0.39 is 0 Å². The van der Waals surface area contributed by atoms with Gasteiger partial charge in [-0.2, -0.15) is 0 Å². The molecule has 5 heteroatoms. The molecule has 2 heterocycles. The predicted octanol–water partition coefficient (Wildman–Crippen LogP) is 3.01. The van der Waals surface area contributed by atoms with Crippen molar-refractivity contribution < 1.29 is 9.63 Å².